The van der Waals surface area contributed by atoms with Crippen LogP contribution in [0.2, 0.25) is 0 Å². The van der Waals surface area contributed by atoms with Gasteiger partial charge in [0.15, 0.2) is 11.5 Å². The molecule has 0 aliphatic carbocycles. The first kappa shape index (κ1) is 13.5. The fraction of sp³-hybridized carbons (Fsp3) is 0.375. The molecule has 0 bridgehead atoms. The average molecular weight is 289 g/mol. The van der Waals surface area contributed by atoms with Gasteiger partial charge in [-0.3, -0.25) is 0 Å². The van der Waals surface area contributed by atoms with E-state index in [1.807, 2.05) is 12.1 Å². The van der Waals surface area contributed by atoms with Gasteiger partial charge in [0.05, 0.1) is 6.04 Å². The van der Waals surface area contributed by atoms with Crippen molar-refractivity contribution in [3.8, 4) is 11.5 Å². The summed E-state index contributed by atoms with van der Waals surface area (Å²) in [7, 11) is 0. The molecule has 106 valence electrons. The normalized spacial score (nSPS) is 15.1. The summed E-state index contributed by atoms with van der Waals surface area (Å²) >= 11 is 1.78. The summed E-state index contributed by atoms with van der Waals surface area (Å²) in [6.07, 6.45) is 0. The number of thiophene rings is 1. The van der Waals surface area contributed by atoms with Crippen LogP contribution in [0.15, 0.2) is 29.6 Å². The summed E-state index contributed by atoms with van der Waals surface area (Å²) in [6, 6.07) is 8.52. The smallest absolute Gasteiger partial charge is 0.166 e. The number of para-hydroxylation sites is 1. The summed E-state index contributed by atoms with van der Waals surface area (Å²) in [4.78, 5) is 1.32. The van der Waals surface area contributed by atoms with Crippen LogP contribution in [0, 0.1) is 6.92 Å². The van der Waals surface area contributed by atoms with Crippen LogP contribution in [-0.4, -0.2) is 19.8 Å². The van der Waals surface area contributed by atoms with Gasteiger partial charge in [-0.25, -0.2) is 0 Å². The van der Waals surface area contributed by atoms with Gasteiger partial charge in [0, 0.05) is 10.4 Å². The molecular formula is C16H19NO2S. The number of aryl methyl sites for hydroxylation is 1. The van der Waals surface area contributed by atoms with Gasteiger partial charge in [-0.1, -0.05) is 19.1 Å². The molecule has 4 heteroatoms. The third kappa shape index (κ3) is 2.53. The molecule has 0 fully saturated rings. The number of ether oxygens (including phenoxy) is 2. The van der Waals surface area contributed by atoms with Gasteiger partial charge in [-0.05, 0) is 36.5 Å². The van der Waals surface area contributed by atoms with E-state index >= 15 is 0 Å². The molecule has 0 radical (unpaired) electrons. The molecule has 1 aliphatic rings. The Hall–Kier alpha value is -1.52. The van der Waals surface area contributed by atoms with Crippen molar-refractivity contribution in [2.24, 2.45) is 0 Å². The van der Waals surface area contributed by atoms with Gasteiger partial charge >= 0.3 is 0 Å². The first-order valence-corrected chi connectivity index (χ1v) is 7.84. The molecule has 1 atom stereocenters. The average Bonchev–Trinajstić information content (AvgIpc) is 2.91. The summed E-state index contributed by atoms with van der Waals surface area (Å²) in [5.74, 6) is 1.73. The topological polar surface area (TPSA) is 30.5 Å². The van der Waals surface area contributed by atoms with E-state index in [9.17, 15) is 0 Å². The van der Waals surface area contributed by atoms with E-state index in [4.69, 9.17) is 9.47 Å². The molecule has 0 saturated heterocycles. The molecule has 3 rings (SSSR count). The zero-order chi connectivity index (χ0) is 13.9. The van der Waals surface area contributed by atoms with Crippen molar-refractivity contribution in [2.75, 3.05) is 19.8 Å². The van der Waals surface area contributed by atoms with Crippen LogP contribution < -0.4 is 14.8 Å². The van der Waals surface area contributed by atoms with E-state index in [-0.39, 0.29) is 6.04 Å². The summed E-state index contributed by atoms with van der Waals surface area (Å²) < 4.78 is 11.5. The molecule has 2 aromatic rings. The Morgan fingerprint density at radius 3 is 2.90 bits per heavy atom. The number of hydrogen-bond donors (Lipinski definition) is 1. The third-order valence-corrected chi connectivity index (χ3v) is 4.28. The first-order valence-electron chi connectivity index (χ1n) is 6.96. The fourth-order valence-electron chi connectivity index (χ4n) is 2.55. The largest absolute Gasteiger partial charge is 0.486 e. The van der Waals surface area contributed by atoms with Crippen LogP contribution in [0.25, 0.3) is 0 Å². The summed E-state index contributed by atoms with van der Waals surface area (Å²) in [5, 5.41) is 5.76. The molecule has 0 amide bonds. The van der Waals surface area contributed by atoms with Gasteiger partial charge in [-0.2, -0.15) is 0 Å². The standard InChI is InChI=1S/C16H19NO2S/c1-3-17-15(12-9-11(2)20-10-12)13-5-4-6-14-16(13)19-8-7-18-14/h4-6,9-10,15,17H,3,7-8H2,1-2H3. The van der Waals surface area contributed by atoms with E-state index < -0.39 is 0 Å². The molecule has 3 nitrogen and oxygen atoms in total. The van der Waals surface area contributed by atoms with E-state index in [1.54, 1.807) is 11.3 Å². The van der Waals surface area contributed by atoms with Crippen LogP contribution in [0.5, 0.6) is 11.5 Å². The van der Waals surface area contributed by atoms with Crippen molar-refractivity contribution in [2.45, 2.75) is 19.9 Å². The third-order valence-electron chi connectivity index (χ3n) is 3.40. The van der Waals surface area contributed by atoms with Gasteiger partial charge in [0.1, 0.15) is 13.2 Å². The molecule has 2 heterocycles. The van der Waals surface area contributed by atoms with Crippen LogP contribution in [0.4, 0.5) is 0 Å². The Kier molecular flexibility index (Phi) is 3.94. The Bertz CT molecular complexity index is 594. The van der Waals surface area contributed by atoms with Crippen LogP contribution in [-0.2, 0) is 0 Å². The molecular weight excluding hydrogens is 270 g/mol. The van der Waals surface area contributed by atoms with E-state index in [0.29, 0.717) is 13.2 Å². The fourth-order valence-corrected chi connectivity index (χ4v) is 3.28. The zero-order valence-electron chi connectivity index (χ0n) is 11.8. The molecule has 1 N–H and O–H groups in total. The maximum atomic E-state index is 5.85. The maximum absolute atomic E-state index is 5.85. The lowest BCUT2D eigenvalue weighted by Crippen LogP contribution is -2.24. The van der Waals surface area contributed by atoms with Gasteiger partial charge in [-0.15, -0.1) is 11.3 Å². The highest BCUT2D eigenvalue weighted by molar-refractivity contribution is 7.10. The van der Waals surface area contributed by atoms with Crippen molar-refractivity contribution in [3.63, 3.8) is 0 Å². The van der Waals surface area contributed by atoms with Crippen molar-refractivity contribution >= 4 is 11.3 Å². The summed E-state index contributed by atoms with van der Waals surface area (Å²) in [5.41, 5.74) is 2.44. The number of benzene rings is 1. The minimum Gasteiger partial charge on any atom is -0.486 e. The minimum absolute atomic E-state index is 0.154. The number of rotatable bonds is 4. The predicted octanol–water partition coefficient (Wildman–Crippen LogP) is 3.53. The Labute approximate surface area is 123 Å². The maximum Gasteiger partial charge on any atom is 0.166 e. The van der Waals surface area contributed by atoms with E-state index in [0.717, 1.165) is 23.6 Å². The molecule has 1 aromatic carbocycles. The lowest BCUT2D eigenvalue weighted by molar-refractivity contribution is 0.169. The Morgan fingerprint density at radius 1 is 1.30 bits per heavy atom. The molecule has 1 aliphatic heterocycles. The number of fused-ring (bicyclic) bond motifs is 1. The highest BCUT2D eigenvalue weighted by Gasteiger charge is 2.23. The number of nitrogens with one attached hydrogen (secondary N) is 1. The van der Waals surface area contributed by atoms with E-state index in [1.165, 1.54) is 10.4 Å². The molecule has 0 saturated carbocycles. The molecule has 20 heavy (non-hydrogen) atoms. The lowest BCUT2D eigenvalue weighted by atomic mass is 9.99. The Morgan fingerprint density at radius 2 is 2.15 bits per heavy atom. The van der Waals surface area contributed by atoms with Gasteiger partial charge in [0.2, 0.25) is 0 Å². The van der Waals surface area contributed by atoms with Crippen LogP contribution >= 0.6 is 11.3 Å². The second-order valence-corrected chi connectivity index (χ2v) is 5.97. The highest BCUT2D eigenvalue weighted by Crippen LogP contribution is 2.39. The quantitative estimate of drug-likeness (QED) is 0.934. The second-order valence-electron chi connectivity index (χ2n) is 4.85. The first-order chi connectivity index (χ1) is 9.79. The lowest BCUT2D eigenvalue weighted by Gasteiger charge is -2.25. The van der Waals surface area contributed by atoms with Crippen molar-refractivity contribution < 1.29 is 9.47 Å². The molecule has 0 spiro atoms. The second kappa shape index (κ2) is 5.85. The SMILES string of the molecule is CCNC(c1csc(C)c1)c1cccc2c1OCCO2. The Balaban J connectivity index is 2.03. The highest BCUT2D eigenvalue weighted by atomic mass is 32.1. The number of hydrogen-bond acceptors (Lipinski definition) is 4. The summed E-state index contributed by atoms with van der Waals surface area (Å²) in [6.45, 7) is 6.41. The van der Waals surface area contributed by atoms with Crippen LogP contribution in [0.3, 0.4) is 0 Å². The predicted molar refractivity (Wildman–Crippen MR) is 82.0 cm³/mol. The van der Waals surface area contributed by atoms with Crippen molar-refractivity contribution in [1.82, 2.24) is 5.32 Å². The zero-order valence-corrected chi connectivity index (χ0v) is 12.6. The van der Waals surface area contributed by atoms with Crippen LogP contribution in [0.1, 0.15) is 29.0 Å². The van der Waals surface area contributed by atoms with Crippen molar-refractivity contribution in [1.29, 1.82) is 0 Å². The minimum atomic E-state index is 0.154. The molecule has 1 unspecified atom stereocenters. The molecule has 1 aromatic heterocycles. The monoisotopic (exact) mass is 289 g/mol. The van der Waals surface area contributed by atoms with Gasteiger partial charge in [0.25, 0.3) is 0 Å². The van der Waals surface area contributed by atoms with Gasteiger partial charge < -0.3 is 14.8 Å². The van der Waals surface area contributed by atoms with Crippen molar-refractivity contribution in [3.05, 3.63) is 45.6 Å². The van der Waals surface area contributed by atoms with E-state index in [2.05, 4.69) is 36.7 Å².